The zero-order valence-corrected chi connectivity index (χ0v) is 51.5. The van der Waals surface area contributed by atoms with E-state index in [-0.39, 0.29) is 31.1 Å². The summed E-state index contributed by atoms with van der Waals surface area (Å²) in [5.74, 6) is -0.941. The van der Waals surface area contributed by atoms with E-state index < -0.39 is 6.10 Å². The molecule has 0 N–H and O–H groups in total. The van der Waals surface area contributed by atoms with Crippen molar-refractivity contribution in [2.45, 2.75) is 277 Å². The highest BCUT2D eigenvalue weighted by molar-refractivity contribution is 5.71. The van der Waals surface area contributed by atoms with Crippen LogP contribution in [0.4, 0.5) is 0 Å². The van der Waals surface area contributed by atoms with Crippen LogP contribution in [0.2, 0.25) is 0 Å². The first kappa shape index (κ1) is 75.0. The molecule has 0 saturated heterocycles. The molecule has 0 amide bonds. The van der Waals surface area contributed by atoms with Crippen LogP contribution in [0.5, 0.6) is 0 Å². The number of rotatable bonds is 57. The lowest BCUT2D eigenvalue weighted by Gasteiger charge is -2.18. The van der Waals surface area contributed by atoms with Crippen LogP contribution in [0.1, 0.15) is 271 Å². The Labute approximate surface area is 492 Å². The third-order valence-electron chi connectivity index (χ3n) is 13.2. The van der Waals surface area contributed by atoms with Gasteiger partial charge in [0.2, 0.25) is 0 Å². The SMILES string of the molecule is CC/C=C\C/C=C\C/C=C\C/C=C\C/C=C\C/C=C\C/C=C\CCCCCCCCCC(=O)OCC(COC(=O)CCCCCCC/C=C\C/C=C\CCCC)OC(=O)CCCCCCCC/C=C\C/C=C\C/C=C\C/C=C\CC. The Hall–Kier alpha value is -4.97. The van der Waals surface area contributed by atoms with E-state index in [1.807, 2.05) is 0 Å². The largest absolute Gasteiger partial charge is 0.462 e. The molecule has 0 aliphatic carbocycles. The average Bonchev–Trinajstić information content (AvgIpc) is 3.46. The van der Waals surface area contributed by atoms with Gasteiger partial charge < -0.3 is 14.2 Å². The molecule has 6 nitrogen and oxygen atoms in total. The van der Waals surface area contributed by atoms with Crippen molar-refractivity contribution in [3.8, 4) is 0 Å². The zero-order chi connectivity index (χ0) is 57.8. The monoisotopic (exact) mass is 1100 g/mol. The van der Waals surface area contributed by atoms with Crippen molar-refractivity contribution in [1.29, 1.82) is 0 Å². The molecule has 450 valence electrons. The molecule has 1 unspecified atom stereocenters. The number of ether oxygens (including phenoxy) is 3. The summed E-state index contributed by atoms with van der Waals surface area (Å²) in [6.45, 7) is 6.34. The van der Waals surface area contributed by atoms with Crippen LogP contribution in [-0.2, 0) is 28.6 Å². The van der Waals surface area contributed by atoms with Gasteiger partial charge in [0.05, 0.1) is 0 Å². The van der Waals surface area contributed by atoms with Crippen molar-refractivity contribution < 1.29 is 28.6 Å². The normalized spacial score (nSPS) is 13.2. The Morgan fingerprint density at radius 3 is 0.762 bits per heavy atom. The van der Waals surface area contributed by atoms with Gasteiger partial charge in [-0.3, -0.25) is 14.4 Å². The third-order valence-corrected chi connectivity index (χ3v) is 13.2. The molecule has 0 saturated carbocycles. The van der Waals surface area contributed by atoms with Gasteiger partial charge in [-0.15, -0.1) is 0 Å². The molecule has 0 aromatic heterocycles. The molecule has 0 aromatic carbocycles. The number of allylic oxidation sites excluding steroid dienone is 26. The lowest BCUT2D eigenvalue weighted by molar-refractivity contribution is -0.167. The fourth-order valence-electron chi connectivity index (χ4n) is 8.43. The number of carbonyl (C=O) groups is 3. The summed E-state index contributed by atoms with van der Waals surface area (Å²) >= 11 is 0. The standard InChI is InChI=1S/C74H118O6/c1-4-7-10-13-16-19-22-25-28-30-32-33-34-35-36-37-38-39-40-41-43-44-46-49-52-55-58-61-64-67-73(76)79-70-71(69-78-72(75)66-63-60-57-54-51-48-27-24-21-18-15-12-9-6-3)80-74(77)68-65-62-59-56-53-50-47-45-42-31-29-26-23-20-17-14-11-8-5-2/h7-8,10-11,15-20,24-29,32-33,35-36,38-39,41-43,45,71H,4-6,9,12-14,21-23,30-31,34,37,40,44,46-70H2,1-3H3/b10-7-,11-8-,18-15-,19-16-,20-17-,27-24-,28-25-,29-26-,33-32-,36-35-,39-38-,43-41-,45-42-. The summed E-state index contributed by atoms with van der Waals surface area (Å²) in [6, 6.07) is 0. The second-order valence-electron chi connectivity index (χ2n) is 20.9. The van der Waals surface area contributed by atoms with E-state index in [4.69, 9.17) is 14.2 Å². The van der Waals surface area contributed by atoms with Crippen LogP contribution in [0.3, 0.4) is 0 Å². The van der Waals surface area contributed by atoms with Crippen LogP contribution in [0, 0.1) is 0 Å². The molecule has 1 atom stereocenters. The molecule has 80 heavy (non-hydrogen) atoms. The summed E-state index contributed by atoms with van der Waals surface area (Å²) in [5, 5.41) is 0. The van der Waals surface area contributed by atoms with Gasteiger partial charge >= 0.3 is 17.9 Å². The maximum Gasteiger partial charge on any atom is 0.306 e. The second kappa shape index (κ2) is 66.5. The van der Waals surface area contributed by atoms with Gasteiger partial charge in [0.1, 0.15) is 13.2 Å². The van der Waals surface area contributed by atoms with Gasteiger partial charge in [0.25, 0.3) is 0 Å². The Bertz CT molecular complexity index is 1790. The molecule has 0 spiro atoms. The van der Waals surface area contributed by atoms with Crippen LogP contribution >= 0.6 is 0 Å². The predicted molar refractivity (Wildman–Crippen MR) is 348 cm³/mol. The van der Waals surface area contributed by atoms with E-state index in [2.05, 4.69) is 179 Å². The Balaban J connectivity index is 4.41. The van der Waals surface area contributed by atoms with E-state index >= 15 is 0 Å². The summed E-state index contributed by atoms with van der Waals surface area (Å²) < 4.78 is 16.9. The van der Waals surface area contributed by atoms with E-state index in [0.717, 1.165) is 173 Å². The van der Waals surface area contributed by atoms with Crippen LogP contribution < -0.4 is 0 Å². The number of hydrogen-bond donors (Lipinski definition) is 0. The van der Waals surface area contributed by atoms with Crippen molar-refractivity contribution in [2.75, 3.05) is 13.2 Å². The van der Waals surface area contributed by atoms with Gasteiger partial charge in [-0.25, -0.2) is 0 Å². The van der Waals surface area contributed by atoms with Crippen LogP contribution in [0.25, 0.3) is 0 Å². The van der Waals surface area contributed by atoms with Crippen LogP contribution in [0.15, 0.2) is 158 Å². The molecule has 0 heterocycles. The van der Waals surface area contributed by atoms with Gasteiger partial charge in [0.15, 0.2) is 6.10 Å². The first-order valence-electron chi connectivity index (χ1n) is 32.5. The minimum absolute atomic E-state index is 0.101. The zero-order valence-electron chi connectivity index (χ0n) is 51.5. The fourth-order valence-corrected chi connectivity index (χ4v) is 8.43. The van der Waals surface area contributed by atoms with Crippen molar-refractivity contribution in [1.82, 2.24) is 0 Å². The second-order valence-corrected chi connectivity index (χ2v) is 20.9. The van der Waals surface area contributed by atoms with Gasteiger partial charge in [-0.2, -0.15) is 0 Å². The smallest absolute Gasteiger partial charge is 0.306 e. The quantitative estimate of drug-likeness (QED) is 0.0261. The molecule has 0 aromatic rings. The minimum atomic E-state index is -0.805. The summed E-state index contributed by atoms with van der Waals surface area (Å²) in [4.78, 5) is 38.3. The molecular formula is C74H118O6. The summed E-state index contributed by atoms with van der Waals surface area (Å²) in [5.41, 5.74) is 0. The van der Waals surface area contributed by atoms with Crippen molar-refractivity contribution in [3.63, 3.8) is 0 Å². The lowest BCUT2D eigenvalue weighted by Crippen LogP contribution is -2.30. The van der Waals surface area contributed by atoms with E-state index in [0.29, 0.717) is 19.3 Å². The number of esters is 3. The maximum absolute atomic E-state index is 12.9. The van der Waals surface area contributed by atoms with E-state index in [9.17, 15) is 14.4 Å². The third kappa shape index (κ3) is 63.9. The lowest BCUT2D eigenvalue weighted by atomic mass is 10.1. The summed E-state index contributed by atoms with van der Waals surface area (Å²) in [6.07, 6.45) is 96.7. The van der Waals surface area contributed by atoms with Gasteiger partial charge in [0, 0.05) is 19.3 Å². The highest BCUT2D eigenvalue weighted by Crippen LogP contribution is 2.14. The highest BCUT2D eigenvalue weighted by Gasteiger charge is 2.19. The van der Waals surface area contributed by atoms with E-state index in [1.165, 1.54) is 57.8 Å². The predicted octanol–water partition coefficient (Wildman–Crippen LogP) is 22.5. The Morgan fingerprint density at radius 1 is 0.263 bits per heavy atom. The first-order chi connectivity index (χ1) is 39.5. The topological polar surface area (TPSA) is 78.9 Å². The Kier molecular flexibility index (Phi) is 62.4. The molecule has 0 fully saturated rings. The van der Waals surface area contributed by atoms with Crippen molar-refractivity contribution in [3.05, 3.63) is 158 Å². The molecular weight excluding hydrogens is 985 g/mol. The minimum Gasteiger partial charge on any atom is -0.462 e. The van der Waals surface area contributed by atoms with Gasteiger partial charge in [-0.05, 0) is 141 Å². The van der Waals surface area contributed by atoms with Gasteiger partial charge in [-0.1, -0.05) is 269 Å². The molecule has 6 heteroatoms. The molecule has 0 rings (SSSR count). The number of unbranched alkanes of at least 4 members (excludes halogenated alkanes) is 20. The highest BCUT2D eigenvalue weighted by atomic mass is 16.6. The van der Waals surface area contributed by atoms with Crippen molar-refractivity contribution >= 4 is 17.9 Å². The van der Waals surface area contributed by atoms with Crippen molar-refractivity contribution in [2.24, 2.45) is 0 Å². The molecule has 0 aliphatic rings. The Morgan fingerprint density at radius 2 is 0.487 bits per heavy atom. The molecule has 0 aliphatic heterocycles. The number of hydrogen-bond acceptors (Lipinski definition) is 6. The fraction of sp³-hybridized carbons (Fsp3) is 0.608. The summed E-state index contributed by atoms with van der Waals surface area (Å²) in [7, 11) is 0. The molecule has 0 radical (unpaired) electrons. The van der Waals surface area contributed by atoms with Crippen LogP contribution in [-0.4, -0.2) is 37.2 Å². The average molecular weight is 1100 g/mol. The maximum atomic E-state index is 12.9. The van der Waals surface area contributed by atoms with E-state index in [1.54, 1.807) is 0 Å². The number of carbonyl (C=O) groups excluding carboxylic acids is 3. The molecule has 0 bridgehead atoms. The first-order valence-corrected chi connectivity index (χ1v) is 32.5.